The summed E-state index contributed by atoms with van der Waals surface area (Å²) >= 11 is 6.74. The standard InChI is InChI=1S/C25H29ClN10O2/c1-14(37)35-12-15(13-35)36-19(25(2,3)4)8-20(33-36)31-24-32-23-22(34(24)5)21(26)18(11-30-23)38-17(9-27)16-10-28-6-7-29-16/h6-11,15H,12-13,27H2,1-5H3,(H,30,31,32,33)/b17-9+. The second-order valence-corrected chi connectivity index (χ2v) is 10.5. The maximum Gasteiger partial charge on any atom is 0.219 e. The van der Waals surface area contributed by atoms with Gasteiger partial charge < -0.3 is 25.3 Å². The van der Waals surface area contributed by atoms with Gasteiger partial charge in [0.1, 0.15) is 16.2 Å². The number of hydrogen-bond acceptors (Lipinski definition) is 9. The number of amides is 1. The minimum absolute atomic E-state index is 0.0715. The Bertz CT molecular complexity index is 1530. The van der Waals surface area contributed by atoms with Crippen LogP contribution in [-0.2, 0) is 17.3 Å². The zero-order valence-electron chi connectivity index (χ0n) is 21.8. The van der Waals surface area contributed by atoms with Crippen LogP contribution in [0.4, 0.5) is 11.8 Å². The minimum Gasteiger partial charge on any atom is -0.450 e. The predicted molar refractivity (Wildman–Crippen MR) is 144 cm³/mol. The number of fused-ring (bicyclic) bond motifs is 1. The highest BCUT2D eigenvalue weighted by Crippen LogP contribution is 2.36. The van der Waals surface area contributed by atoms with E-state index in [9.17, 15) is 4.79 Å². The summed E-state index contributed by atoms with van der Waals surface area (Å²) in [6.45, 7) is 9.27. The minimum atomic E-state index is -0.148. The highest BCUT2D eigenvalue weighted by atomic mass is 35.5. The molecule has 0 saturated carbocycles. The lowest BCUT2D eigenvalue weighted by atomic mass is 9.91. The summed E-state index contributed by atoms with van der Waals surface area (Å²) in [4.78, 5) is 30.8. The fourth-order valence-corrected chi connectivity index (χ4v) is 4.59. The van der Waals surface area contributed by atoms with Crippen LogP contribution in [0.15, 0.2) is 37.1 Å². The first-order chi connectivity index (χ1) is 18.1. The van der Waals surface area contributed by atoms with Crippen LogP contribution in [0.1, 0.15) is 45.1 Å². The summed E-state index contributed by atoms with van der Waals surface area (Å²) in [6, 6.07) is 2.14. The van der Waals surface area contributed by atoms with Crippen LogP contribution >= 0.6 is 11.6 Å². The van der Waals surface area contributed by atoms with Gasteiger partial charge >= 0.3 is 0 Å². The lowest BCUT2D eigenvalue weighted by Gasteiger charge is -2.40. The van der Waals surface area contributed by atoms with E-state index in [2.05, 4.69) is 46.0 Å². The Balaban J connectivity index is 1.44. The second-order valence-electron chi connectivity index (χ2n) is 10.1. The van der Waals surface area contributed by atoms with E-state index >= 15 is 0 Å². The number of aromatic nitrogens is 7. The van der Waals surface area contributed by atoms with Crippen LogP contribution in [0.2, 0.25) is 5.02 Å². The normalized spacial score (nSPS) is 14.6. The number of imidazole rings is 1. The van der Waals surface area contributed by atoms with Crippen molar-refractivity contribution in [2.45, 2.75) is 39.2 Å². The third-order valence-corrected chi connectivity index (χ3v) is 6.75. The average molecular weight is 537 g/mol. The number of hydrogen-bond donors (Lipinski definition) is 2. The first kappa shape index (κ1) is 25.5. The van der Waals surface area contributed by atoms with Crippen LogP contribution in [0, 0.1) is 0 Å². The fraction of sp³-hybridized carbons (Fsp3) is 0.360. The van der Waals surface area contributed by atoms with Crippen LogP contribution in [0.5, 0.6) is 5.75 Å². The molecule has 5 heterocycles. The molecule has 3 N–H and O–H groups in total. The molecule has 1 saturated heterocycles. The van der Waals surface area contributed by atoms with Gasteiger partial charge in [-0.05, 0) is 0 Å². The van der Waals surface area contributed by atoms with Gasteiger partial charge in [0, 0.05) is 62.8 Å². The SMILES string of the molecule is CC(=O)N1CC(n2nc(Nc3nc4ncc(O/C(=C/N)c5cnccn5)c(Cl)c4n3C)cc2C(C)(C)C)C1. The van der Waals surface area contributed by atoms with Gasteiger partial charge in [0.05, 0.1) is 18.4 Å². The van der Waals surface area contributed by atoms with E-state index in [1.165, 1.54) is 18.6 Å². The highest BCUT2D eigenvalue weighted by molar-refractivity contribution is 6.36. The molecule has 0 bridgehead atoms. The number of ether oxygens (including phenoxy) is 1. The number of rotatable bonds is 6. The van der Waals surface area contributed by atoms with Crippen molar-refractivity contribution in [3.05, 3.63) is 53.5 Å². The largest absolute Gasteiger partial charge is 0.450 e. The van der Waals surface area contributed by atoms with Crippen molar-refractivity contribution in [3.63, 3.8) is 0 Å². The van der Waals surface area contributed by atoms with Gasteiger partial charge in [-0.3, -0.25) is 14.5 Å². The quantitative estimate of drug-likeness (QED) is 0.354. The number of aryl methyl sites for hydroxylation is 1. The summed E-state index contributed by atoms with van der Waals surface area (Å²) < 4.78 is 9.73. The van der Waals surface area contributed by atoms with E-state index in [0.29, 0.717) is 58.2 Å². The van der Waals surface area contributed by atoms with Crippen LogP contribution in [-0.4, -0.2) is 58.2 Å². The molecule has 0 spiro atoms. The number of nitrogens with one attached hydrogen (secondary N) is 1. The molecule has 198 valence electrons. The molecule has 1 amide bonds. The number of halogens is 1. The summed E-state index contributed by atoms with van der Waals surface area (Å²) in [6.07, 6.45) is 7.42. The van der Waals surface area contributed by atoms with Gasteiger partial charge in [0.15, 0.2) is 23.0 Å². The molecule has 0 aliphatic carbocycles. The molecule has 5 rings (SSSR count). The molecule has 4 aromatic rings. The Kier molecular flexibility index (Phi) is 6.43. The van der Waals surface area contributed by atoms with Crippen molar-refractivity contribution in [2.24, 2.45) is 12.8 Å². The zero-order chi connectivity index (χ0) is 27.2. The number of carbonyl (C=O) groups excluding carboxylic acids is 1. The van der Waals surface area contributed by atoms with Crippen LogP contribution in [0.3, 0.4) is 0 Å². The van der Waals surface area contributed by atoms with E-state index in [1.54, 1.807) is 28.8 Å². The first-order valence-electron chi connectivity index (χ1n) is 12.1. The van der Waals surface area contributed by atoms with Crippen molar-refractivity contribution in [1.29, 1.82) is 0 Å². The molecule has 0 atom stereocenters. The molecule has 0 unspecified atom stereocenters. The molecule has 4 aromatic heterocycles. The highest BCUT2D eigenvalue weighted by Gasteiger charge is 2.34. The van der Waals surface area contributed by atoms with Gasteiger partial charge in [0.2, 0.25) is 11.9 Å². The van der Waals surface area contributed by atoms with E-state index in [4.69, 9.17) is 27.2 Å². The maximum absolute atomic E-state index is 11.7. The topological polar surface area (TPSA) is 142 Å². The van der Waals surface area contributed by atoms with Gasteiger partial charge in [-0.15, -0.1) is 0 Å². The molecule has 12 nitrogen and oxygen atoms in total. The third kappa shape index (κ3) is 4.62. The lowest BCUT2D eigenvalue weighted by Crippen LogP contribution is -2.50. The Hall–Kier alpha value is -4.19. The number of nitrogens with zero attached hydrogens (tertiary/aromatic N) is 8. The summed E-state index contributed by atoms with van der Waals surface area (Å²) in [5.41, 5.74) is 8.15. The Labute approximate surface area is 224 Å². The summed E-state index contributed by atoms with van der Waals surface area (Å²) in [5, 5.41) is 8.45. The molecular weight excluding hydrogens is 508 g/mol. The van der Waals surface area contributed by atoms with Gasteiger partial charge in [-0.2, -0.15) is 10.1 Å². The van der Waals surface area contributed by atoms with E-state index in [-0.39, 0.29) is 17.4 Å². The van der Waals surface area contributed by atoms with Gasteiger partial charge in [0.25, 0.3) is 0 Å². The van der Waals surface area contributed by atoms with Gasteiger partial charge in [-0.25, -0.2) is 9.97 Å². The van der Waals surface area contributed by atoms with E-state index in [0.717, 1.165) is 5.69 Å². The number of nitrogens with two attached hydrogens (primary N) is 1. The first-order valence-corrected chi connectivity index (χ1v) is 12.4. The Morgan fingerprint density at radius 1 is 1.24 bits per heavy atom. The van der Waals surface area contributed by atoms with Crippen molar-refractivity contribution >= 4 is 46.2 Å². The second kappa shape index (κ2) is 9.60. The molecular formula is C25H29ClN10O2. The number of carbonyl (C=O) groups is 1. The van der Waals surface area contributed by atoms with Crippen molar-refractivity contribution < 1.29 is 9.53 Å². The Morgan fingerprint density at radius 2 is 2.00 bits per heavy atom. The summed E-state index contributed by atoms with van der Waals surface area (Å²) in [5.74, 6) is 1.82. The number of anilines is 2. The van der Waals surface area contributed by atoms with Crippen molar-refractivity contribution in [3.8, 4) is 5.75 Å². The zero-order valence-corrected chi connectivity index (χ0v) is 22.6. The fourth-order valence-electron chi connectivity index (χ4n) is 4.29. The Morgan fingerprint density at radius 3 is 2.63 bits per heavy atom. The third-order valence-electron chi connectivity index (χ3n) is 6.39. The van der Waals surface area contributed by atoms with Crippen molar-refractivity contribution in [2.75, 3.05) is 18.4 Å². The molecule has 0 aromatic carbocycles. The number of likely N-dealkylation sites (tertiary alicyclic amines) is 1. The van der Waals surface area contributed by atoms with E-state index in [1.807, 2.05) is 17.8 Å². The summed E-state index contributed by atoms with van der Waals surface area (Å²) in [7, 11) is 1.83. The maximum atomic E-state index is 11.7. The molecule has 1 aliphatic rings. The van der Waals surface area contributed by atoms with Crippen LogP contribution < -0.4 is 15.8 Å². The molecule has 38 heavy (non-hydrogen) atoms. The molecule has 1 fully saturated rings. The molecule has 1 aliphatic heterocycles. The monoisotopic (exact) mass is 536 g/mol. The van der Waals surface area contributed by atoms with Gasteiger partial charge in [-0.1, -0.05) is 32.4 Å². The molecule has 0 radical (unpaired) electrons. The lowest BCUT2D eigenvalue weighted by molar-refractivity contribution is -0.134. The van der Waals surface area contributed by atoms with Crippen LogP contribution in [0.25, 0.3) is 16.9 Å². The van der Waals surface area contributed by atoms with E-state index < -0.39 is 0 Å². The average Bonchev–Trinajstić information content (AvgIpc) is 3.40. The van der Waals surface area contributed by atoms with Crippen molar-refractivity contribution in [1.82, 2.24) is 39.2 Å². The predicted octanol–water partition coefficient (Wildman–Crippen LogP) is 3.39. The number of pyridine rings is 1. The smallest absolute Gasteiger partial charge is 0.219 e. The molecule has 13 heteroatoms.